The molecule has 0 aliphatic carbocycles. The summed E-state index contributed by atoms with van der Waals surface area (Å²) in [6, 6.07) is 19.8. The summed E-state index contributed by atoms with van der Waals surface area (Å²) < 4.78 is 1.53. The van der Waals surface area contributed by atoms with Gasteiger partial charge in [0.2, 0.25) is 5.91 Å². The van der Waals surface area contributed by atoms with Gasteiger partial charge in [0.25, 0.3) is 5.56 Å². The lowest BCUT2D eigenvalue weighted by Crippen LogP contribution is -2.23. The van der Waals surface area contributed by atoms with E-state index in [2.05, 4.69) is 10.3 Å². The number of amides is 1. The van der Waals surface area contributed by atoms with E-state index in [1.807, 2.05) is 37.3 Å². The smallest absolute Gasteiger partial charge is 0.266 e. The first-order valence-corrected chi connectivity index (χ1v) is 11.1. The number of carbonyl (C=O) groups excluding carboxylic acids is 1. The van der Waals surface area contributed by atoms with Crippen LogP contribution in [0.5, 0.6) is 0 Å². The Hall–Kier alpha value is -2.80. The molecular formula is C23H17Cl2N3O2S. The van der Waals surface area contributed by atoms with Gasteiger partial charge in [-0.25, -0.2) is 4.98 Å². The Morgan fingerprint density at radius 3 is 2.55 bits per heavy atom. The van der Waals surface area contributed by atoms with E-state index >= 15 is 0 Å². The maximum Gasteiger partial charge on any atom is 0.266 e. The largest absolute Gasteiger partial charge is 0.324 e. The summed E-state index contributed by atoms with van der Waals surface area (Å²) in [5.41, 5.74) is 2.60. The number of para-hydroxylation sites is 1. The second-order valence-electron chi connectivity index (χ2n) is 6.83. The molecule has 0 unspecified atom stereocenters. The van der Waals surface area contributed by atoms with Crippen LogP contribution in [0.4, 0.5) is 5.69 Å². The number of anilines is 1. The van der Waals surface area contributed by atoms with Crippen LogP contribution in [0.3, 0.4) is 0 Å². The number of thioether (sulfide) groups is 1. The van der Waals surface area contributed by atoms with Crippen LogP contribution in [-0.4, -0.2) is 21.2 Å². The number of benzene rings is 3. The molecule has 1 N–H and O–H groups in total. The van der Waals surface area contributed by atoms with E-state index in [1.165, 1.54) is 16.3 Å². The van der Waals surface area contributed by atoms with Crippen LogP contribution in [-0.2, 0) is 4.79 Å². The van der Waals surface area contributed by atoms with Gasteiger partial charge in [-0.2, -0.15) is 0 Å². The molecular weight excluding hydrogens is 453 g/mol. The number of aryl methyl sites for hydroxylation is 1. The lowest BCUT2D eigenvalue weighted by molar-refractivity contribution is -0.113. The van der Waals surface area contributed by atoms with Crippen molar-refractivity contribution in [2.75, 3.05) is 11.1 Å². The van der Waals surface area contributed by atoms with Crippen molar-refractivity contribution in [3.05, 3.63) is 92.7 Å². The van der Waals surface area contributed by atoms with Gasteiger partial charge >= 0.3 is 0 Å². The van der Waals surface area contributed by atoms with Crippen LogP contribution in [0.15, 0.2) is 76.7 Å². The van der Waals surface area contributed by atoms with Gasteiger partial charge in [-0.3, -0.25) is 14.2 Å². The molecule has 1 aromatic heterocycles. The highest BCUT2D eigenvalue weighted by Crippen LogP contribution is 2.30. The van der Waals surface area contributed by atoms with Crippen LogP contribution in [0.25, 0.3) is 16.6 Å². The van der Waals surface area contributed by atoms with Gasteiger partial charge in [0, 0.05) is 0 Å². The van der Waals surface area contributed by atoms with E-state index in [1.54, 1.807) is 36.4 Å². The first-order chi connectivity index (χ1) is 14.9. The van der Waals surface area contributed by atoms with Crippen molar-refractivity contribution in [3.8, 4) is 5.69 Å². The lowest BCUT2D eigenvalue weighted by Gasteiger charge is -2.14. The minimum absolute atomic E-state index is 0.0412. The third-order valence-electron chi connectivity index (χ3n) is 4.60. The molecule has 0 atom stereocenters. The Labute approximate surface area is 193 Å². The Morgan fingerprint density at radius 2 is 1.77 bits per heavy atom. The molecule has 0 radical (unpaired) electrons. The molecule has 1 heterocycles. The van der Waals surface area contributed by atoms with E-state index in [0.717, 1.165) is 5.56 Å². The number of rotatable bonds is 5. The quantitative estimate of drug-likeness (QED) is 0.299. The maximum absolute atomic E-state index is 13.2. The number of hydrogen-bond acceptors (Lipinski definition) is 4. The van der Waals surface area contributed by atoms with Crippen molar-refractivity contribution in [2.24, 2.45) is 0 Å². The number of halogens is 2. The zero-order chi connectivity index (χ0) is 22.0. The summed E-state index contributed by atoms with van der Waals surface area (Å²) in [6.07, 6.45) is 0. The Kier molecular flexibility index (Phi) is 6.32. The highest BCUT2D eigenvalue weighted by Gasteiger charge is 2.15. The SMILES string of the molecule is Cc1ccc(-n2c(SCC(=O)Nc3cccc(Cl)c3Cl)nc3ccccc3c2=O)cc1. The van der Waals surface area contributed by atoms with Gasteiger partial charge in [0.05, 0.1) is 38.1 Å². The summed E-state index contributed by atoms with van der Waals surface area (Å²) in [5.74, 6) is -0.244. The summed E-state index contributed by atoms with van der Waals surface area (Å²) in [7, 11) is 0. The number of aromatic nitrogens is 2. The van der Waals surface area contributed by atoms with Crippen LogP contribution >= 0.6 is 35.0 Å². The normalized spacial score (nSPS) is 10.9. The highest BCUT2D eigenvalue weighted by atomic mass is 35.5. The summed E-state index contributed by atoms with van der Waals surface area (Å²) in [6.45, 7) is 1.98. The van der Waals surface area contributed by atoms with Gasteiger partial charge in [-0.15, -0.1) is 0 Å². The Balaban J connectivity index is 1.67. The average molecular weight is 470 g/mol. The number of nitrogens with zero attached hydrogens (tertiary/aromatic N) is 2. The number of nitrogens with one attached hydrogen (secondary N) is 1. The molecule has 8 heteroatoms. The number of fused-ring (bicyclic) bond motifs is 1. The molecule has 0 bridgehead atoms. The molecule has 0 aliphatic heterocycles. The first kappa shape index (κ1) is 21.4. The first-order valence-electron chi connectivity index (χ1n) is 9.39. The second-order valence-corrected chi connectivity index (χ2v) is 8.55. The van der Waals surface area contributed by atoms with Gasteiger partial charge in [-0.1, -0.05) is 70.9 Å². The fourth-order valence-corrected chi connectivity index (χ4v) is 4.21. The van der Waals surface area contributed by atoms with Crippen LogP contribution in [0.2, 0.25) is 10.0 Å². The van der Waals surface area contributed by atoms with E-state index in [-0.39, 0.29) is 22.2 Å². The highest BCUT2D eigenvalue weighted by molar-refractivity contribution is 7.99. The number of carbonyl (C=O) groups is 1. The van der Waals surface area contributed by atoms with Crippen LogP contribution in [0.1, 0.15) is 5.56 Å². The van der Waals surface area contributed by atoms with Crippen molar-refractivity contribution in [1.82, 2.24) is 9.55 Å². The summed E-state index contributed by atoms with van der Waals surface area (Å²) in [4.78, 5) is 30.4. The predicted molar refractivity (Wildman–Crippen MR) is 128 cm³/mol. The fraction of sp³-hybridized carbons (Fsp3) is 0.0870. The molecule has 4 rings (SSSR count). The summed E-state index contributed by atoms with van der Waals surface area (Å²) >= 11 is 13.3. The zero-order valence-corrected chi connectivity index (χ0v) is 18.8. The minimum Gasteiger partial charge on any atom is -0.324 e. The van der Waals surface area contributed by atoms with Crippen LogP contribution in [0, 0.1) is 6.92 Å². The van der Waals surface area contributed by atoms with Gasteiger partial charge < -0.3 is 5.32 Å². The third kappa shape index (κ3) is 4.61. The van der Waals surface area contributed by atoms with E-state index < -0.39 is 0 Å². The molecule has 1 amide bonds. The molecule has 4 aromatic rings. The third-order valence-corrected chi connectivity index (χ3v) is 6.35. The second kappa shape index (κ2) is 9.14. The summed E-state index contributed by atoms with van der Waals surface area (Å²) in [5, 5.41) is 4.33. The molecule has 0 saturated carbocycles. The number of hydrogen-bond donors (Lipinski definition) is 1. The van der Waals surface area contributed by atoms with Gasteiger partial charge in [0.1, 0.15) is 0 Å². The Morgan fingerprint density at radius 1 is 1.03 bits per heavy atom. The molecule has 156 valence electrons. The molecule has 3 aromatic carbocycles. The fourth-order valence-electron chi connectivity index (χ4n) is 3.05. The van der Waals surface area contributed by atoms with E-state index in [4.69, 9.17) is 23.2 Å². The van der Waals surface area contributed by atoms with Gasteiger partial charge in [-0.05, 0) is 43.3 Å². The molecule has 31 heavy (non-hydrogen) atoms. The molecule has 0 saturated heterocycles. The molecule has 0 fully saturated rings. The van der Waals surface area contributed by atoms with E-state index in [0.29, 0.717) is 32.5 Å². The predicted octanol–water partition coefficient (Wildman–Crippen LogP) is 5.73. The van der Waals surface area contributed by atoms with Crippen LogP contribution < -0.4 is 10.9 Å². The van der Waals surface area contributed by atoms with Crippen molar-refractivity contribution in [3.63, 3.8) is 0 Å². The Bertz CT molecular complexity index is 1340. The molecule has 0 aliphatic rings. The van der Waals surface area contributed by atoms with Crippen molar-refractivity contribution >= 4 is 57.5 Å². The van der Waals surface area contributed by atoms with Gasteiger partial charge in [0.15, 0.2) is 5.16 Å². The molecule has 0 spiro atoms. The standard InChI is InChI=1S/C23H17Cl2N3O2S/c1-14-9-11-15(12-10-14)28-22(30)16-5-2-3-7-18(16)27-23(28)31-13-20(29)26-19-8-4-6-17(24)21(19)25/h2-12H,13H2,1H3,(H,26,29). The van der Waals surface area contributed by atoms with Crippen molar-refractivity contribution in [2.45, 2.75) is 12.1 Å². The van der Waals surface area contributed by atoms with E-state index in [9.17, 15) is 9.59 Å². The topological polar surface area (TPSA) is 64.0 Å². The lowest BCUT2D eigenvalue weighted by atomic mass is 10.2. The average Bonchev–Trinajstić information content (AvgIpc) is 2.76. The molecule has 5 nitrogen and oxygen atoms in total. The monoisotopic (exact) mass is 469 g/mol. The van der Waals surface area contributed by atoms with Crippen molar-refractivity contribution < 1.29 is 4.79 Å². The minimum atomic E-state index is -0.285. The van der Waals surface area contributed by atoms with Crippen molar-refractivity contribution in [1.29, 1.82) is 0 Å². The maximum atomic E-state index is 13.2. The zero-order valence-electron chi connectivity index (χ0n) is 16.4.